The summed E-state index contributed by atoms with van der Waals surface area (Å²) in [4.78, 5) is 0. The van der Waals surface area contributed by atoms with Gasteiger partial charge in [-0.15, -0.1) is 0 Å². The van der Waals surface area contributed by atoms with E-state index >= 15 is 0 Å². The summed E-state index contributed by atoms with van der Waals surface area (Å²) in [7, 11) is 3.47. The zero-order chi connectivity index (χ0) is 11.0. The summed E-state index contributed by atoms with van der Waals surface area (Å²) in [6.45, 7) is 0. The van der Waals surface area contributed by atoms with Crippen LogP contribution in [0.4, 0.5) is 0 Å². The van der Waals surface area contributed by atoms with Crippen molar-refractivity contribution in [1.29, 1.82) is 0 Å². The summed E-state index contributed by atoms with van der Waals surface area (Å²) < 4.78 is 25.2. The second kappa shape index (κ2) is 4.11. The van der Waals surface area contributed by atoms with Gasteiger partial charge in [-0.1, -0.05) is 0 Å². The van der Waals surface area contributed by atoms with Gasteiger partial charge in [-0.05, 0) is 0 Å². The van der Waals surface area contributed by atoms with Crippen LogP contribution in [0.5, 0.6) is 0 Å². The zero-order valence-corrected chi connectivity index (χ0v) is 13.2. The van der Waals surface area contributed by atoms with E-state index in [2.05, 4.69) is 21.1 Å². The van der Waals surface area contributed by atoms with Crippen molar-refractivity contribution >= 4 is 46.2 Å². The second-order valence-corrected chi connectivity index (χ2v) is 13.3. The monoisotopic (exact) mass is 340 g/mol. The maximum atomic E-state index is 11.2. The third-order valence-corrected chi connectivity index (χ3v) is 8.25. The normalized spacial score (nSPS) is 13.1. The van der Waals surface area contributed by atoms with E-state index in [9.17, 15) is 8.42 Å². The first kappa shape index (κ1) is 12.5. The number of sulfone groups is 1. The average Bonchev–Trinajstić information content (AvgIpc) is 2.29. The van der Waals surface area contributed by atoms with Crippen molar-refractivity contribution in [3.8, 4) is 0 Å². The van der Waals surface area contributed by atoms with Gasteiger partial charge in [0, 0.05) is 0 Å². The molecule has 78 valence electrons. The van der Waals surface area contributed by atoms with Crippen molar-refractivity contribution in [3.05, 3.63) is 11.4 Å². The molecular formula is C8H14NO2S2Sn+. The van der Waals surface area contributed by atoms with Gasteiger partial charge in [0.25, 0.3) is 0 Å². The fourth-order valence-electron chi connectivity index (χ4n) is 0.957. The first-order valence-electron chi connectivity index (χ1n) is 4.07. The molecule has 0 aromatic carbocycles. The molecule has 0 aliphatic carbocycles. The average molecular weight is 339 g/mol. The Balaban J connectivity index is 2.90. The maximum absolute atomic E-state index is 11.2. The van der Waals surface area contributed by atoms with E-state index in [0.29, 0.717) is 4.21 Å². The van der Waals surface area contributed by atoms with E-state index in [1.54, 1.807) is 0 Å². The molecule has 0 unspecified atom stereocenters. The molecular weight excluding hydrogens is 325 g/mol. The van der Waals surface area contributed by atoms with Gasteiger partial charge in [-0.3, -0.25) is 0 Å². The van der Waals surface area contributed by atoms with Crippen molar-refractivity contribution in [2.45, 2.75) is 4.21 Å². The molecule has 0 aliphatic heterocycles. The Hall–Kier alpha value is 0.409. The Morgan fingerprint density at radius 3 is 2.29 bits per heavy atom. The molecule has 1 rings (SSSR count). The quantitative estimate of drug-likeness (QED) is 0.733. The molecule has 14 heavy (non-hydrogen) atoms. The predicted octanol–water partition coefficient (Wildman–Crippen LogP) is 0.102. The molecule has 0 bridgehead atoms. The minimum atomic E-state index is -3.00. The molecule has 0 fully saturated rings. The van der Waals surface area contributed by atoms with Crippen LogP contribution in [0.1, 0.15) is 0 Å². The van der Waals surface area contributed by atoms with E-state index in [0.717, 1.165) is 2.70 Å². The van der Waals surface area contributed by atoms with Crippen LogP contribution in [0.15, 0.2) is 15.7 Å². The molecule has 2 radical (unpaired) electrons. The number of nitrogens with zero attached hydrogens (tertiary/aromatic N) is 1. The molecule has 3 nitrogen and oxygen atoms in total. The molecule has 0 atom stereocenters. The summed E-state index contributed by atoms with van der Waals surface area (Å²) >= 11 is 0.628. The first-order valence-corrected chi connectivity index (χ1v) is 9.54. The van der Waals surface area contributed by atoms with Crippen molar-refractivity contribution < 1.29 is 11.1 Å². The third-order valence-electron chi connectivity index (χ3n) is 1.41. The minimum absolute atomic E-state index is 0.502. The standard InChI is InChI=1S/C5H5O2S2.C3H9N.Sn/c1-9(6,7)5-3-2-4-8-5;1-4(2)3;/h3-4H,1H3;1-3H3;/q;;+1. The van der Waals surface area contributed by atoms with Crippen LogP contribution in [0.3, 0.4) is 0 Å². The van der Waals surface area contributed by atoms with Crippen LogP contribution < -0.4 is 3.58 Å². The van der Waals surface area contributed by atoms with Crippen LogP contribution in [0, 0.1) is 0 Å². The van der Waals surface area contributed by atoms with Crippen LogP contribution in [0.2, 0.25) is 0 Å². The van der Waals surface area contributed by atoms with Crippen LogP contribution >= 0.6 is 11.3 Å². The first-order chi connectivity index (χ1) is 6.18. The van der Waals surface area contributed by atoms with E-state index < -0.39 is 31.3 Å². The molecule has 6 heteroatoms. The van der Waals surface area contributed by atoms with Gasteiger partial charge in [0.2, 0.25) is 0 Å². The number of thiophene rings is 1. The Morgan fingerprint density at radius 1 is 1.36 bits per heavy atom. The van der Waals surface area contributed by atoms with Gasteiger partial charge in [0.05, 0.1) is 0 Å². The molecule has 0 saturated carbocycles. The van der Waals surface area contributed by atoms with Gasteiger partial charge < -0.3 is 0 Å². The van der Waals surface area contributed by atoms with E-state index in [-0.39, 0.29) is 0 Å². The molecule has 0 saturated heterocycles. The third kappa shape index (κ3) is 3.88. The Morgan fingerprint density at radius 2 is 1.93 bits per heavy atom. The fraction of sp³-hybridized carbons (Fsp3) is 0.500. The molecule has 0 aliphatic rings. The summed E-state index contributed by atoms with van der Waals surface area (Å²) in [5.74, 6) is 0. The molecule has 0 N–H and O–H groups in total. The summed E-state index contributed by atoms with van der Waals surface area (Å²) in [6, 6.07) is 1.84. The Bertz CT molecular complexity index is 417. The summed E-state index contributed by atoms with van der Waals surface area (Å²) in [5, 5.41) is 1.99. The van der Waals surface area contributed by atoms with Crippen LogP contribution in [-0.2, 0) is 9.84 Å². The molecule has 0 amide bonds. The second-order valence-electron chi connectivity index (χ2n) is 4.05. The van der Waals surface area contributed by atoms with Crippen molar-refractivity contribution in [2.24, 2.45) is 0 Å². The van der Waals surface area contributed by atoms with Crippen LogP contribution in [0.25, 0.3) is 0 Å². The van der Waals surface area contributed by atoms with Crippen molar-refractivity contribution in [3.63, 3.8) is 0 Å². The van der Waals surface area contributed by atoms with Crippen molar-refractivity contribution in [1.82, 2.24) is 0 Å². The molecule has 1 heterocycles. The number of quaternary nitrogens is 1. The van der Waals surface area contributed by atoms with Gasteiger partial charge in [-0.25, -0.2) is 0 Å². The van der Waals surface area contributed by atoms with E-state index in [1.165, 1.54) is 21.2 Å². The zero-order valence-electron chi connectivity index (χ0n) is 8.73. The van der Waals surface area contributed by atoms with Crippen LogP contribution in [-0.4, -0.2) is 59.9 Å². The number of hydrogen-bond acceptors (Lipinski definition) is 3. The van der Waals surface area contributed by atoms with E-state index in [1.807, 2.05) is 11.4 Å². The molecule has 1 aromatic rings. The van der Waals surface area contributed by atoms with E-state index in [4.69, 9.17) is 0 Å². The van der Waals surface area contributed by atoms with Gasteiger partial charge in [0.15, 0.2) is 0 Å². The Kier molecular flexibility index (Phi) is 3.66. The SMILES string of the molecule is C[N+](C)(C)[Sn][c]1csc(S(C)(=O)=O)c1. The van der Waals surface area contributed by atoms with Crippen molar-refractivity contribution in [2.75, 3.05) is 27.4 Å². The molecule has 0 spiro atoms. The number of rotatable bonds is 3. The van der Waals surface area contributed by atoms with Gasteiger partial charge >= 0.3 is 100 Å². The van der Waals surface area contributed by atoms with Gasteiger partial charge in [0.1, 0.15) is 0 Å². The number of hydrogen-bond donors (Lipinski definition) is 0. The summed E-state index contributed by atoms with van der Waals surface area (Å²) in [5.41, 5.74) is 0. The Labute approximate surface area is 99.8 Å². The predicted molar refractivity (Wildman–Crippen MR) is 60.8 cm³/mol. The topological polar surface area (TPSA) is 34.1 Å². The van der Waals surface area contributed by atoms with Gasteiger partial charge in [-0.2, -0.15) is 0 Å². The summed E-state index contributed by atoms with van der Waals surface area (Å²) in [6.07, 6.45) is 1.26. The fourth-order valence-corrected chi connectivity index (χ4v) is 7.06. The molecule has 1 aromatic heterocycles.